The Balaban J connectivity index is 1.59. The molecule has 3 aromatic carbocycles. The monoisotopic (exact) mass is 427 g/mol. The van der Waals surface area contributed by atoms with E-state index >= 15 is 0 Å². The number of nitrogens with two attached hydrogens (primary N) is 1. The number of hydrogen-bond donors (Lipinski definition) is 3. The highest BCUT2D eigenvalue weighted by Crippen LogP contribution is 2.36. The number of methoxy groups -OCH3 is 1. The van der Waals surface area contributed by atoms with Crippen LogP contribution in [0.25, 0.3) is 21.9 Å². The third-order valence-electron chi connectivity index (χ3n) is 4.39. The molecule has 0 radical (unpaired) electrons. The molecular formula is C20H17N3O4S2. The van der Waals surface area contributed by atoms with Crippen LogP contribution in [0.3, 0.4) is 0 Å². The van der Waals surface area contributed by atoms with Crippen molar-refractivity contribution < 1.29 is 17.6 Å². The maximum Gasteiger partial charge on any atom is 0.238 e. The first-order valence-corrected chi connectivity index (χ1v) is 10.5. The van der Waals surface area contributed by atoms with Gasteiger partial charge in [-0.3, -0.25) is 0 Å². The van der Waals surface area contributed by atoms with Gasteiger partial charge in [0.05, 0.1) is 17.7 Å². The number of para-hydroxylation sites is 1. The van der Waals surface area contributed by atoms with Crippen LogP contribution in [-0.2, 0) is 10.0 Å². The van der Waals surface area contributed by atoms with Gasteiger partial charge in [-0.15, -0.1) is 0 Å². The molecule has 4 aromatic rings. The van der Waals surface area contributed by atoms with Crippen molar-refractivity contribution in [3.05, 3.63) is 60.7 Å². The van der Waals surface area contributed by atoms with Gasteiger partial charge in [-0.1, -0.05) is 18.2 Å². The fourth-order valence-corrected chi connectivity index (χ4v) is 3.77. The number of primary sulfonamides is 1. The summed E-state index contributed by atoms with van der Waals surface area (Å²) in [6, 6.07) is 17.5. The van der Waals surface area contributed by atoms with Gasteiger partial charge in [0, 0.05) is 22.5 Å². The van der Waals surface area contributed by atoms with Crippen molar-refractivity contribution in [2.24, 2.45) is 5.14 Å². The second kappa shape index (κ2) is 7.36. The summed E-state index contributed by atoms with van der Waals surface area (Å²) in [7, 11) is -2.16. The molecule has 0 spiro atoms. The van der Waals surface area contributed by atoms with E-state index in [9.17, 15) is 8.42 Å². The SMILES string of the molecule is COc1cc2c(cc1NC(=S)Nc1ccc(S(N)(=O)=O)cc1)oc1ccccc12. The van der Waals surface area contributed by atoms with Crippen LogP contribution in [0.2, 0.25) is 0 Å². The Labute approximate surface area is 172 Å². The van der Waals surface area contributed by atoms with Crippen molar-refractivity contribution in [2.75, 3.05) is 17.7 Å². The maximum atomic E-state index is 11.3. The number of rotatable bonds is 4. The predicted octanol–water partition coefficient (Wildman–Crippen LogP) is 4.05. The number of benzene rings is 3. The van der Waals surface area contributed by atoms with Gasteiger partial charge < -0.3 is 19.8 Å². The highest BCUT2D eigenvalue weighted by atomic mass is 32.2. The molecule has 9 heteroatoms. The Morgan fingerprint density at radius 2 is 1.72 bits per heavy atom. The Kier molecular flexibility index (Phi) is 4.87. The molecular weight excluding hydrogens is 410 g/mol. The van der Waals surface area contributed by atoms with E-state index < -0.39 is 10.0 Å². The van der Waals surface area contributed by atoms with Crippen molar-refractivity contribution in [2.45, 2.75) is 4.90 Å². The van der Waals surface area contributed by atoms with Crippen LogP contribution in [0.4, 0.5) is 11.4 Å². The fourth-order valence-electron chi connectivity index (χ4n) is 3.03. The third-order valence-corrected chi connectivity index (χ3v) is 5.52. The number of sulfonamides is 1. The van der Waals surface area contributed by atoms with Crippen LogP contribution >= 0.6 is 12.2 Å². The summed E-state index contributed by atoms with van der Waals surface area (Å²) in [5.74, 6) is 0.609. The number of thiocarbonyl (C=S) groups is 1. The summed E-state index contributed by atoms with van der Waals surface area (Å²) < 4.78 is 34.1. The molecule has 4 N–H and O–H groups in total. The van der Waals surface area contributed by atoms with E-state index in [0.29, 0.717) is 27.8 Å². The molecule has 7 nitrogen and oxygen atoms in total. The van der Waals surface area contributed by atoms with Gasteiger partial charge >= 0.3 is 0 Å². The van der Waals surface area contributed by atoms with Crippen LogP contribution in [-0.4, -0.2) is 20.6 Å². The van der Waals surface area contributed by atoms with Crippen molar-refractivity contribution >= 4 is 60.7 Å². The molecule has 0 saturated carbocycles. The minimum atomic E-state index is -3.74. The number of hydrogen-bond acceptors (Lipinski definition) is 5. The van der Waals surface area contributed by atoms with E-state index in [1.165, 1.54) is 12.1 Å². The summed E-state index contributed by atoms with van der Waals surface area (Å²) in [6.45, 7) is 0. The van der Waals surface area contributed by atoms with Crippen molar-refractivity contribution in [3.8, 4) is 5.75 Å². The first-order valence-electron chi connectivity index (χ1n) is 8.55. The van der Waals surface area contributed by atoms with E-state index in [1.807, 2.05) is 36.4 Å². The first-order chi connectivity index (χ1) is 13.8. The molecule has 0 aliphatic heterocycles. The van der Waals surface area contributed by atoms with Gasteiger partial charge in [0.1, 0.15) is 16.9 Å². The normalized spacial score (nSPS) is 11.5. The summed E-state index contributed by atoms with van der Waals surface area (Å²) in [6.07, 6.45) is 0. The van der Waals surface area contributed by atoms with Gasteiger partial charge in [0.15, 0.2) is 5.11 Å². The molecule has 29 heavy (non-hydrogen) atoms. The van der Waals surface area contributed by atoms with E-state index in [4.69, 9.17) is 26.5 Å². The van der Waals surface area contributed by atoms with Crippen LogP contribution in [0, 0.1) is 0 Å². The summed E-state index contributed by atoms with van der Waals surface area (Å²) in [4.78, 5) is 0.0268. The zero-order chi connectivity index (χ0) is 20.6. The van der Waals surface area contributed by atoms with Crippen molar-refractivity contribution in [3.63, 3.8) is 0 Å². The summed E-state index contributed by atoms with van der Waals surface area (Å²) in [5, 5.41) is 13.4. The summed E-state index contributed by atoms with van der Waals surface area (Å²) in [5.41, 5.74) is 2.74. The number of anilines is 2. The molecule has 1 heterocycles. The molecule has 0 saturated heterocycles. The number of ether oxygens (including phenoxy) is 1. The largest absolute Gasteiger partial charge is 0.495 e. The van der Waals surface area contributed by atoms with Crippen molar-refractivity contribution in [1.29, 1.82) is 0 Å². The minimum Gasteiger partial charge on any atom is -0.495 e. The zero-order valence-electron chi connectivity index (χ0n) is 15.3. The lowest BCUT2D eigenvalue weighted by Crippen LogP contribution is -2.19. The maximum absolute atomic E-state index is 11.3. The molecule has 1 aromatic heterocycles. The Bertz CT molecular complexity index is 1330. The first kappa shape index (κ1) is 19.2. The highest BCUT2D eigenvalue weighted by Gasteiger charge is 2.13. The molecule has 0 fully saturated rings. The van der Waals surface area contributed by atoms with E-state index in [1.54, 1.807) is 19.2 Å². The average molecular weight is 428 g/mol. The molecule has 0 bridgehead atoms. The zero-order valence-corrected chi connectivity index (χ0v) is 16.9. The lowest BCUT2D eigenvalue weighted by atomic mass is 10.1. The van der Waals surface area contributed by atoms with Crippen LogP contribution in [0.1, 0.15) is 0 Å². The van der Waals surface area contributed by atoms with E-state index in [-0.39, 0.29) is 4.90 Å². The van der Waals surface area contributed by atoms with E-state index in [2.05, 4.69) is 10.6 Å². The van der Waals surface area contributed by atoms with Crippen molar-refractivity contribution in [1.82, 2.24) is 0 Å². The van der Waals surface area contributed by atoms with Crippen LogP contribution in [0.15, 0.2) is 70.0 Å². The molecule has 0 unspecified atom stereocenters. The third kappa shape index (κ3) is 3.88. The molecule has 0 atom stereocenters. The smallest absolute Gasteiger partial charge is 0.238 e. The lowest BCUT2D eigenvalue weighted by Gasteiger charge is -2.14. The average Bonchev–Trinajstić information content (AvgIpc) is 3.04. The number of furan rings is 1. The summed E-state index contributed by atoms with van der Waals surface area (Å²) >= 11 is 5.37. The predicted molar refractivity (Wildman–Crippen MR) is 118 cm³/mol. The number of nitrogens with one attached hydrogen (secondary N) is 2. The van der Waals surface area contributed by atoms with Gasteiger partial charge in [-0.2, -0.15) is 0 Å². The Hall–Kier alpha value is -3.14. The molecule has 4 rings (SSSR count). The molecule has 0 aliphatic rings. The van der Waals surface area contributed by atoms with Crippen LogP contribution in [0.5, 0.6) is 5.75 Å². The second-order valence-electron chi connectivity index (χ2n) is 6.30. The second-order valence-corrected chi connectivity index (χ2v) is 8.27. The Morgan fingerprint density at radius 1 is 1.00 bits per heavy atom. The quantitative estimate of drug-likeness (QED) is 0.422. The molecule has 0 amide bonds. The van der Waals surface area contributed by atoms with E-state index in [0.717, 1.165) is 16.4 Å². The standard InChI is InChI=1S/C20H17N3O4S2/c1-26-19-10-15-14-4-2-3-5-17(14)27-18(15)11-16(19)23-20(28)22-12-6-8-13(9-7-12)29(21,24)25/h2-11H,1H3,(H2,21,24,25)(H2,22,23,28). The molecule has 0 aliphatic carbocycles. The fraction of sp³-hybridized carbons (Fsp3) is 0.0500. The Morgan fingerprint density at radius 3 is 2.41 bits per heavy atom. The minimum absolute atomic E-state index is 0.0268. The topological polar surface area (TPSA) is 107 Å². The highest BCUT2D eigenvalue weighted by molar-refractivity contribution is 7.89. The molecule has 148 valence electrons. The van der Waals surface area contributed by atoms with Gasteiger partial charge in [0.25, 0.3) is 0 Å². The van der Waals surface area contributed by atoms with Crippen LogP contribution < -0.4 is 20.5 Å². The van der Waals surface area contributed by atoms with Gasteiger partial charge in [0.2, 0.25) is 10.0 Å². The van der Waals surface area contributed by atoms with Gasteiger partial charge in [-0.25, -0.2) is 13.6 Å². The van der Waals surface area contributed by atoms with Gasteiger partial charge in [-0.05, 0) is 48.6 Å². The lowest BCUT2D eigenvalue weighted by molar-refractivity contribution is 0.417. The number of fused-ring (bicyclic) bond motifs is 3.